The molecule has 400 valence electrons. The molecule has 6 rings (SSSR count). The monoisotopic (exact) mass is 992 g/mol. The standard InChI is InChI=1S/C54H90FN3O12/c1-15-41-52(12,66)44(63)34(7)58(28-29(2)26-49(8,9)45(32(5)42(61)33(6)46(64)69-41)70-47-43(62)39(57(13)14)24-31(4)68-47)22-16-21-56-48(65)54(67)30(3)23-38-37-18-17-35-25-36(59)19-20-50(35,10)53(37,55)40(60)27-51(38,54)11/h19-20,25,29-34,37-45,47,60-63,66-67H,15-18,21-24,26-28H2,1-14H3,(H,56,65)/t29-,30-,31?,32+,33-,34-,37?,38?,39-,40+,41-,42+,43-,44-,45-,47?,50+,51+,52-,53+,54+/m1/s1. The summed E-state index contributed by atoms with van der Waals surface area (Å²) >= 11 is 0. The highest BCUT2D eigenvalue weighted by Crippen LogP contribution is 2.70. The molecule has 21 atom stereocenters. The van der Waals surface area contributed by atoms with E-state index in [4.69, 9.17) is 14.2 Å². The van der Waals surface area contributed by atoms with E-state index >= 15 is 4.39 Å². The number of likely N-dealkylation sites (N-methyl/N-ethyl adjacent to an activating group) is 1. The summed E-state index contributed by atoms with van der Waals surface area (Å²) in [7, 11) is 3.80. The molecule has 4 aliphatic carbocycles. The molecule has 2 saturated heterocycles. The van der Waals surface area contributed by atoms with Gasteiger partial charge in [0.1, 0.15) is 23.9 Å². The molecule has 1 amide bonds. The number of carbonyl (C=O) groups excluding carboxylic acids is 3. The highest BCUT2D eigenvalue weighted by molar-refractivity contribution is 6.01. The van der Waals surface area contributed by atoms with E-state index in [-0.39, 0.29) is 43.2 Å². The van der Waals surface area contributed by atoms with Crippen molar-refractivity contribution in [1.82, 2.24) is 15.1 Å². The number of halogens is 1. The van der Waals surface area contributed by atoms with Crippen molar-refractivity contribution >= 4 is 17.7 Å². The van der Waals surface area contributed by atoms with Gasteiger partial charge in [-0.1, -0.05) is 60.1 Å². The summed E-state index contributed by atoms with van der Waals surface area (Å²) in [6.45, 7) is 22.8. The van der Waals surface area contributed by atoms with E-state index in [1.807, 2.05) is 60.5 Å². The maximum atomic E-state index is 17.8. The number of ketones is 1. The van der Waals surface area contributed by atoms with E-state index in [1.165, 1.54) is 19.1 Å². The zero-order chi connectivity index (χ0) is 52.4. The van der Waals surface area contributed by atoms with Gasteiger partial charge in [0, 0.05) is 54.4 Å². The number of aliphatic hydroxyl groups excluding tert-OH is 4. The van der Waals surface area contributed by atoms with Crippen LogP contribution in [-0.2, 0) is 28.6 Å². The number of allylic oxidation sites excluding steroid dienone is 4. The Labute approximate surface area is 416 Å². The van der Waals surface area contributed by atoms with Crippen molar-refractivity contribution in [3.05, 3.63) is 23.8 Å². The number of nitrogens with one attached hydrogen (secondary N) is 1. The number of hydrogen-bond donors (Lipinski definition) is 7. The Morgan fingerprint density at radius 1 is 0.957 bits per heavy atom. The van der Waals surface area contributed by atoms with Crippen LogP contribution in [0.4, 0.5) is 4.39 Å². The van der Waals surface area contributed by atoms with E-state index in [9.17, 15) is 45.0 Å². The summed E-state index contributed by atoms with van der Waals surface area (Å²) < 4.78 is 36.8. The van der Waals surface area contributed by atoms with Crippen LogP contribution >= 0.6 is 0 Å². The topological polar surface area (TPSA) is 219 Å². The number of amides is 1. The van der Waals surface area contributed by atoms with Crippen molar-refractivity contribution in [2.24, 2.45) is 51.8 Å². The first-order valence-corrected chi connectivity index (χ1v) is 26.3. The molecule has 5 fully saturated rings. The summed E-state index contributed by atoms with van der Waals surface area (Å²) in [6.07, 6.45) is -0.990. The number of rotatable bonds is 9. The SMILES string of the molecule is CC[C@H]1OC(=O)[C@H](C)[C@@H](O)[C@H](C)[C@@H](OC2OC(C)C[C@@H](N(C)C)[C@H]2O)C(C)(C)C[C@@H](C)CN(CCCNC(=O)[C@@]2(O)[C@H](C)CC3C4CCC5=CC(=O)C=C[C@]5(C)[C@@]4(F)[C@@H](O)C[C@@]32C)[C@H](C)[C@@H](O)[C@]1(C)O. The Morgan fingerprint density at radius 2 is 1.61 bits per heavy atom. The molecular formula is C54H90FN3O12. The molecule has 7 N–H and O–H groups in total. The largest absolute Gasteiger partial charge is 0.459 e. The number of ether oxygens (including phenoxy) is 3. The van der Waals surface area contributed by atoms with Crippen molar-refractivity contribution in [3.63, 3.8) is 0 Å². The number of fused-ring (bicyclic) bond motifs is 5. The van der Waals surface area contributed by atoms with Crippen LogP contribution in [0.15, 0.2) is 23.8 Å². The highest BCUT2D eigenvalue weighted by atomic mass is 19.1. The van der Waals surface area contributed by atoms with Crippen LogP contribution in [0.2, 0.25) is 0 Å². The quantitative estimate of drug-likeness (QED) is 0.125. The minimum absolute atomic E-state index is 0.0804. The lowest BCUT2D eigenvalue weighted by Crippen LogP contribution is -2.70. The third-order valence-electron chi connectivity index (χ3n) is 19.0. The summed E-state index contributed by atoms with van der Waals surface area (Å²) in [4.78, 5) is 44.7. The second-order valence-electron chi connectivity index (χ2n) is 24.6. The Bertz CT molecular complexity index is 1970. The predicted molar refractivity (Wildman–Crippen MR) is 263 cm³/mol. The van der Waals surface area contributed by atoms with Crippen molar-refractivity contribution in [2.45, 2.75) is 212 Å². The Kier molecular flexibility index (Phi) is 16.9. The molecule has 4 unspecified atom stereocenters. The Hall–Kier alpha value is -2.38. The summed E-state index contributed by atoms with van der Waals surface area (Å²) in [5.74, 6) is -4.93. The smallest absolute Gasteiger partial charge is 0.311 e. The van der Waals surface area contributed by atoms with Gasteiger partial charge in [-0.25, -0.2) is 4.39 Å². The van der Waals surface area contributed by atoms with E-state index < -0.39 is 124 Å². The Balaban J connectivity index is 1.23. The van der Waals surface area contributed by atoms with Gasteiger partial charge in [-0.15, -0.1) is 0 Å². The number of cyclic esters (lactones) is 1. The fourth-order valence-corrected chi connectivity index (χ4v) is 14.9. The maximum Gasteiger partial charge on any atom is 0.311 e. The molecule has 3 saturated carbocycles. The number of carbonyl (C=O) groups is 3. The fraction of sp³-hybridized carbons (Fsp3) is 0.870. The number of alkyl halides is 1. The molecule has 0 bridgehead atoms. The molecule has 2 heterocycles. The molecule has 6 aliphatic rings. The van der Waals surface area contributed by atoms with Crippen molar-refractivity contribution in [2.75, 3.05) is 33.7 Å². The normalized spacial score (nSPS) is 48.3. The van der Waals surface area contributed by atoms with Crippen LogP contribution < -0.4 is 5.32 Å². The van der Waals surface area contributed by atoms with Crippen molar-refractivity contribution in [1.29, 1.82) is 0 Å². The first kappa shape index (κ1) is 56.9. The second-order valence-corrected chi connectivity index (χ2v) is 24.6. The van der Waals surface area contributed by atoms with Gasteiger partial charge in [0.2, 0.25) is 0 Å². The maximum absolute atomic E-state index is 17.8. The van der Waals surface area contributed by atoms with Crippen molar-refractivity contribution in [3.8, 4) is 0 Å². The van der Waals surface area contributed by atoms with Crippen LogP contribution in [0, 0.1) is 51.8 Å². The van der Waals surface area contributed by atoms with E-state index in [1.54, 1.807) is 33.8 Å². The molecule has 0 aromatic heterocycles. The number of hydrogen-bond acceptors (Lipinski definition) is 14. The predicted octanol–water partition coefficient (Wildman–Crippen LogP) is 4.48. The van der Waals surface area contributed by atoms with Gasteiger partial charge < -0.3 is 55.1 Å². The molecule has 70 heavy (non-hydrogen) atoms. The molecule has 16 heteroatoms. The van der Waals surface area contributed by atoms with Gasteiger partial charge >= 0.3 is 5.97 Å². The minimum Gasteiger partial charge on any atom is -0.459 e. The molecule has 2 aliphatic heterocycles. The van der Waals surface area contributed by atoms with Gasteiger partial charge in [0.25, 0.3) is 5.91 Å². The summed E-state index contributed by atoms with van der Waals surface area (Å²) in [5, 5.41) is 75.1. The lowest BCUT2D eigenvalue weighted by molar-refractivity contribution is -0.290. The third kappa shape index (κ3) is 9.75. The average Bonchev–Trinajstić information content (AvgIpc) is 3.48. The third-order valence-corrected chi connectivity index (χ3v) is 19.0. The number of esters is 1. The highest BCUT2D eigenvalue weighted by Gasteiger charge is 2.76. The lowest BCUT2D eigenvalue weighted by atomic mass is 9.44. The van der Waals surface area contributed by atoms with Gasteiger partial charge in [-0.05, 0) is 135 Å². The molecular weight excluding hydrogens is 902 g/mol. The van der Waals surface area contributed by atoms with Crippen LogP contribution in [0.5, 0.6) is 0 Å². The van der Waals surface area contributed by atoms with Crippen LogP contribution in [-0.4, -0.2) is 170 Å². The zero-order valence-electron chi connectivity index (χ0n) is 44.7. The fourth-order valence-electron chi connectivity index (χ4n) is 14.9. The van der Waals surface area contributed by atoms with Gasteiger partial charge in [-0.3, -0.25) is 19.3 Å². The zero-order valence-corrected chi connectivity index (χ0v) is 44.7. The molecule has 15 nitrogen and oxygen atoms in total. The van der Waals surface area contributed by atoms with Gasteiger partial charge in [-0.2, -0.15) is 0 Å². The number of nitrogens with zero attached hydrogens (tertiary/aromatic N) is 2. The average molecular weight is 992 g/mol. The first-order chi connectivity index (χ1) is 32.3. The van der Waals surface area contributed by atoms with Crippen molar-refractivity contribution < 1.29 is 63.6 Å². The van der Waals surface area contributed by atoms with E-state index in [0.29, 0.717) is 57.2 Å². The van der Waals surface area contributed by atoms with E-state index in [2.05, 4.69) is 17.1 Å². The molecule has 0 spiro atoms. The van der Waals surface area contributed by atoms with Gasteiger partial charge in [0.05, 0.1) is 30.3 Å². The molecule has 0 aromatic carbocycles. The second kappa shape index (κ2) is 20.7. The number of aliphatic hydroxyl groups is 6. The first-order valence-electron chi connectivity index (χ1n) is 26.3. The summed E-state index contributed by atoms with van der Waals surface area (Å²) in [6, 6.07) is -0.930. The van der Waals surface area contributed by atoms with Crippen LogP contribution in [0.1, 0.15) is 134 Å². The summed E-state index contributed by atoms with van der Waals surface area (Å²) in [5.41, 5.74) is -8.29. The minimum atomic E-state index is -2.09. The molecule has 0 aromatic rings. The van der Waals surface area contributed by atoms with Crippen LogP contribution in [0.25, 0.3) is 0 Å². The van der Waals surface area contributed by atoms with Crippen LogP contribution in [0.3, 0.4) is 0 Å². The Morgan fingerprint density at radius 3 is 2.24 bits per heavy atom. The lowest BCUT2D eigenvalue weighted by Gasteiger charge is -2.62. The van der Waals surface area contributed by atoms with E-state index in [0.717, 1.165) is 0 Å². The van der Waals surface area contributed by atoms with Gasteiger partial charge in [0.15, 0.2) is 23.3 Å². The molecule has 0 radical (unpaired) electrons.